The monoisotopic (exact) mass is 485 g/mol. The Hall–Kier alpha value is -3.34. The third-order valence-corrected chi connectivity index (χ3v) is 6.33. The number of carbonyl (C=O) groups excluding carboxylic acids is 1. The van der Waals surface area contributed by atoms with Gasteiger partial charge in [-0.3, -0.25) is 9.69 Å². The van der Waals surface area contributed by atoms with E-state index in [4.69, 9.17) is 4.98 Å². The van der Waals surface area contributed by atoms with Gasteiger partial charge in [-0.15, -0.1) is 10.2 Å². The van der Waals surface area contributed by atoms with Crippen LogP contribution in [0.25, 0.3) is 11.2 Å². The van der Waals surface area contributed by atoms with Crippen molar-refractivity contribution in [2.24, 2.45) is 5.41 Å². The first-order valence-corrected chi connectivity index (χ1v) is 11.5. The van der Waals surface area contributed by atoms with Crippen LogP contribution < -0.4 is 0 Å². The van der Waals surface area contributed by atoms with Crippen LogP contribution in [-0.4, -0.2) is 53.5 Å². The predicted octanol–water partition coefficient (Wildman–Crippen LogP) is 4.28. The molecule has 184 valence electrons. The first-order chi connectivity index (χ1) is 16.5. The largest absolute Gasteiger partial charge is 0.451 e. The number of fused-ring (bicyclic) bond motifs is 2. The molecule has 0 amide bonds. The Morgan fingerprint density at radius 1 is 1.20 bits per heavy atom. The molecule has 0 spiro atoms. The van der Waals surface area contributed by atoms with Gasteiger partial charge < -0.3 is 9.55 Å². The topological polar surface area (TPSA) is 92.6 Å². The van der Waals surface area contributed by atoms with Gasteiger partial charge in [0.15, 0.2) is 11.4 Å². The average molecular weight is 486 g/mol. The maximum absolute atomic E-state index is 13.1. The highest BCUT2D eigenvalue weighted by atomic mass is 19.4. The van der Waals surface area contributed by atoms with Crippen molar-refractivity contribution in [2.75, 3.05) is 13.1 Å². The molecule has 1 N–H and O–H groups in total. The molecule has 3 aromatic heterocycles. The molecule has 3 aromatic rings. The van der Waals surface area contributed by atoms with Crippen LogP contribution >= 0.6 is 0 Å². The molecule has 5 rings (SSSR count). The van der Waals surface area contributed by atoms with Crippen LogP contribution in [0.15, 0.2) is 36.2 Å². The van der Waals surface area contributed by atoms with Crippen LogP contribution in [0.2, 0.25) is 0 Å². The summed E-state index contributed by atoms with van der Waals surface area (Å²) in [5.41, 5.74) is 2.97. The number of carbonyl (C=O) groups is 1. The van der Waals surface area contributed by atoms with E-state index in [-0.39, 0.29) is 18.2 Å². The number of aromatic amines is 1. The standard InChI is InChI=1S/C24H26F3N7O/c1-23(2,3)20(35)16-10-28-21-19(16)30-17(11-29-21)15-6-4-5-14(9-15)12-33-7-8-34-18(13-33)31-32-22(34)24(25,26)27/h4-5,9-11,15H,6-8,12-13H2,1-3H3,(H,28,29). The minimum absolute atomic E-state index is 0.00148. The Morgan fingerprint density at radius 2 is 2.00 bits per heavy atom. The molecule has 1 aliphatic carbocycles. The molecule has 2 aliphatic rings. The highest BCUT2D eigenvalue weighted by Crippen LogP contribution is 2.31. The van der Waals surface area contributed by atoms with Crippen LogP contribution in [0.3, 0.4) is 0 Å². The fourth-order valence-corrected chi connectivity index (χ4v) is 4.53. The quantitative estimate of drug-likeness (QED) is 0.555. The van der Waals surface area contributed by atoms with E-state index in [2.05, 4.69) is 37.2 Å². The van der Waals surface area contributed by atoms with E-state index in [9.17, 15) is 18.0 Å². The maximum atomic E-state index is 13.1. The zero-order valence-corrected chi connectivity index (χ0v) is 19.7. The van der Waals surface area contributed by atoms with Crippen molar-refractivity contribution < 1.29 is 18.0 Å². The van der Waals surface area contributed by atoms with Crippen LogP contribution in [0.1, 0.15) is 60.8 Å². The van der Waals surface area contributed by atoms with Gasteiger partial charge in [0.2, 0.25) is 5.82 Å². The summed E-state index contributed by atoms with van der Waals surface area (Å²) in [7, 11) is 0. The zero-order valence-electron chi connectivity index (χ0n) is 19.7. The maximum Gasteiger partial charge on any atom is 0.451 e. The third kappa shape index (κ3) is 4.52. The van der Waals surface area contributed by atoms with E-state index >= 15 is 0 Å². The van der Waals surface area contributed by atoms with E-state index in [1.165, 1.54) is 0 Å². The molecule has 1 unspecified atom stereocenters. The molecule has 0 saturated heterocycles. The van der Waals surface area contributed by atoms with Gasteiger partial charge in [-0.25, -0.2) is 9.97 Å². The van der Waals surface area contributed by atoms with Gasteiger partial charge in [0, 0.05) is 37.2 Å². The fourth-order valence-electron chi connectivity index (χ4n) is 4.53. The minimum atomic E-state index is -4.51. The molecule has 1 atom stereocenters. The SMILES string of the molecule is CC(C)(C)C(=O)c1c[nH]c2ncc(C3C=C(CN4CCn5c(nnc5C(F)(F)F)C4)C=CC3)nc12. The third-order valence-electron chi connectivity index (χ3n) is 6.33. The van der Waals surface area contributed by atoms with Crippen molar-refractivity contribution in [3.05, 3.63) is 59.1 Å². The number of H-pyrrole nitrogens is 1. The zero-order chi connectivity index (χ0) is 25.0. The number of ketones is 1. The van der Waals surface area contributed by atoms with E-state index in [1.54, 1.807) is 12.4 Å². The van der Waals surface area contributed by atoms with Crippen LogP contribution in [0.4, 0.5) is 13.2 Å². The van der Waals surface area contributed by atoms with Crippen molar-refractivity contribution in [3.8, 4) is 0 Å². The van der Waals surface area contributed by atoms with Gasteiger partial charge in [0.1, 0.15) is 11.3 Å². The van der Waals surface area contributed by atoms with Gasteiger partial charge in [0.25, 0.3) is 0 Å². The Labute approximate surface area is 200 Å². The number of rotatable bonds is 4. The molecule has 0 radical (unpaired) electrons. The lowest BCUT2D eigenvalue weighted by Crippen LogP contribution is -2.36. The second kappa shape index (κ2) is 8.40. The summed E-state index contributed by atoms with van der Waals surface area (Å²) in [6.45, 7) is 7.16. The van der Waals surface area contributed by atoms with Crippen molar-refractivity contribution in [1.29, 1.82) is 0 Å². The Balaban J connectivity index is 1.34. The Kier molecular flexibility index (Phi) is 5.62. The molecule has 4 heterocycles. The molecule has 0 saturated carbocycles. The second-order valence-electron chi connectivity index (χ2n) is 10.1. The van der Waals surface area contributed by atoms with Crippen molar-refractivity contribution in [1.82, 2.24) is 34.6 Å². The van der Waals surface area contributed by atoms with E-state index in [1.807, 2.05) is 26.8 Å². The average Bonchev–Trinajstić information content (AvgIpc) is 3.41. The van der Waals surface area contributed by atoms with Crippen LogP contribution in [0.5, 0.6) is 0 Å². The number of aromatic nitrogens is 6. The summed E-state index contributed by atoms with van der Waals surface area (Å²) in [4.78, 5) is 27.2. The number of allylic oxidation sites excluding steroid dienone is 2. The molecular formula is C24H26F3N7O. The molecule has 0 bridgehead atoms. The highest BCUT2D eigenvalue weighted by molar-refractivity contribution is 6.08. The van der Waals surface area contributed by atoms with E-state index in [0.29, 0.717) is 42.2 Å². The molecular weight excluding hydrogens is 459 g/mol. The second-order valence-corrected chi connectivity index (χ2v) is 10.1. The minimum Gasteiger partial charge on any atom is -0.344 e. The Bertz CT molecular complexity index is 1340. The number of nitrogens with zero attached hydrogens (tertiary/aromatic N) is 6. The number of halogens is 3. The van der Waals surface area contributed by atoms with Crippen molar-refractivity contribution in [3.63, 3.8) is 0 Å². The molecule has 0 aromatic carbocycles. The van der Waals surface area contributed by atoms with Crippen LogP contribution in [-0.2, 0) is 19.3 Å². The molecule has 11 heteroatoms. The number of hydrogen-bond donors (Lipinski definition) is 1. The molecule has 1 aliphatic heterocycles. The lowest BCUT2D eigenvalue weighted by atomic mass is 9.87. The normalized spacial score (nSPS) is 19.1. The summed E-state index contributed by atoms with van der Waals surface area (Å²) in [6.07, 6.45) is 5.86. The highest BCUT2D eigenvalue weighted by Gasteiger charge is 2.39. The van der Waals surface area contributed by atoms with Gasteiger partial charge in [-0.2, -0.15) is 13.2 Å². The molecule has 8 nitrogen and oxygen atoms in total. The lowest BCUT2D eigenvalue weighted by Gasteiger charge is -2.29. The van der Waals surface area contributed by atoms with E-state index < -0.39 is 17.4 Å². The summed E-state index contributed by atoms with van der Waals surface area (Å²) >= 11 is 0. The van der Waals surface area contributed by atoms with Crippen molar-refractivity contribution >= 4 is 16.9 Å². The fraction of sp³-hybridized carbons (Fsp3) is 0.458. The van der Waals surface area contributed by atoms with Gasteiger partial charge >= 0.3 is 6.18 Å². The van der Waals surface area contributed by atoms with E-state index in [0.717, 1.165) is 22.3 Å². The first-order valence-electron chi connectivity index (χ1n) is 11.5. The lowest BCUT2D eigenvalue weighted by molar-refractivity contribution is -0.148. The van der Waals surface area contributed by atoms with Crippen LogP contribution in [0, 0.1) is 5.41 Å². The summed E-state index contributed by atoms with van der Waals surface area (Å²) in [6, 6.07) is 0. The predicted molar refractivity (Wildman–Crippen MR) is 123 cm³/mol. The molecule has 35 heavy (non-hydrogen) atoms. The van der Waals surface area contributed by atoms with Gasteiger partial charge in [0.05, 0.1) is 24.0 Å². The number of nitrogens with one attached hydrogen (secondary N) is 1. The summed E-state index contributed by atoms with van der Waals surface area (Å²) in [5.74, 6) is -0.626. The van der Waals surface area contributed by atoms with Gasteiger partial charge in [-0.05, 0) is 12.0 Å². The summed E-state index contributed by atoms with van der Waals surface area (Å²) < 4.78 is 40.5. The van der Waals surface area contributed by atoms with Gasteiger partial charge in [-0.1, -0.05) is 39.0 Å². The summed E-state index contributed by atoms with van der Waals surface area (Å²) in [5, 5.41) is 7.11. The van der Waals surface area contributed by atoms with Crippen molar-refractivity contribution in [2.45, 2.75) is 52.4 Å². The Morgan fingerprint density at radius 3 is 2.74 bits per heavy atom. The number of Topliss-reactive ketones (excluding diaryl/α,β-unsaturated/α-hetero) is 1. The number of alkyl halides is 3. The molecule has 0 fully saturated rings. The first kappa shape index (κ1) is 23.4. The smallest absolute Gasteiger partial charge is 0.344 e. The number of hydrogen-bond acceptors (Lipinski definition) is 6.